The molecule has 1 aliphatic heterocycles. The first-order chi connectivity index (χ1) is 5.33. The molecule has 1 fully saturated rings. The van der Waals surface area contributed by atoms with Crippen molar-refractivity contribution < 1.29 is 4.79 Å². The number of nitrogens with one attached hydrogen (secondary N) is 2. The lowest BCUT2D eigenvalue weighted by Gasteiger charge is -2.23. The minimum atomic E-state index is 0.127. The fourth-order valence-corrected chi connectivity index (χ4v) is 1.64. The fourth-order valence-electron chi connectivity index (χ4n) is 1.12. The Bertz CT molecular complexity index is 140. The third kappa shape index (κ3) is 3.12. The molecule has 4 heteroatoms. The van der Waals surface area contributed by atoms with E-state index in [0.717, 1.165) is 18.7 Å². The molecule has 1 heterocycles. The maximum absolute atomic E-state index is 10.9. The van der Waals surface area contributed by atoms with Crippen LogP contribution in [-0.4, -0.2) is 37.0 Å². The Morgan fingerprint density at radius 1 is 1.73 bits per heavy atom. The van der Waals surface area contributed by atoms with Gasteiger partial charge in [-0.25, -0.2) is 0 Å². The number of hydrogen-bond donors (Lipinski definition) is 2. The highest BCUT2D eigenvalue weighted by Crippen LogP contribution is 2.01. The summed E-state index contributed by atoms with van der Waals surface area (Å²) in [6, 6.07) is 0.351. The number of hydrogen-bond acceptors (Lipinski definition) is 3. The lowest BCUT2D eigenvalue weighted by Crippen LogP contribution is -2.52. The maximum atomic E-state index is 10.9. The van der Waals surface area contributed by atoms with E-state index >= 15 is 0 Å². The van der Waals surface area contributed by atoms with Gasteiger partial charge in [0.15, 0.2) is 0 Å². The van der Waals surface area contributed by atoms with Gasteiger partial charge < -0.3 is 10.6 Å². The van der Waals surface area contributed by atoms with Crippen LogP contribution in [0.25, 0.3) is 0 Å². The SMILES string of the molecule is CSCC[C@H]1CNCC(=O)N1. The van der Waals surface area contributed by atoms with Crippen molar-refractivity contribution >= 4 is 17.7 Å². The van der Waals surface area contributed by atoms with Gasteiger partial charge in [0.1, 0.15) is 0 Å². The lowest BCUT2D eigenvalue weighted by atomic mass is 10.2. The molecule has 2 N–H and O–H groups in total. The predicted octanol–water partition coefficient (Wildman–Crippen LogP) is -0.173. The molecule has 0 aromatic carbocycles. The van der Waals surface area contributed by atoms with Crippen LogP contribution in [0, 0.1) is 0 Å². The second-order valence-corrected chi connectivity index (χ2v) is 3.66. The van der Waals surface area contributed by atoms with Gasteiger partial charge in [-0.1, -0.05) is 0 Å². The van der Waals surface area contributed by atoms with Crippen molar-refractivity contribution in [3.63, 3.8) is 0 Å². The molecule has 0 spiro atoms. The minimum Gasteiger partial charge on any atom is -0.351 e. The van der Waals surface area contributed by atoms with E-state index in [1.54, 1.807) is 0 Å². The molecule has 64 valence electrons. The van der Waals surface area contributed by atoms with Crippen LogP contribution in [0.5, 0.6) is 0 Å². The zero-order valence-corrected chi connectivity index (χ0v) is 7.54. The number of thioether (sulfide) groups is 1. The number of piperazine rings is 1. The number of amides is 1. The van der Waals surface area contributed by atoms with E-state index < -0.39 is 0 Å². The van der Waals surface area contributed by atoms with Crippen molar-refractivity contribution in [2.75, 3.05) is 25.1 Å². The average molecular weight is 174 g/mol. The molecule has 0 aliphatic carbocycles. The van der Waals surface area contributed by atoms with E-state index in [0.29, 0.717) is 12.6 Å². The molecule has 0 unspecified atom stereocenters. The van der Waals surface area contributed by atoms with Crippen molar-refractivity contribution in [2.24, 2.45) is 0 Å². The maximum Gasteiger partial charge on any atom is 0.234 e. The molecule has 0 radical (unpaired) electrons. The van der Waals surface area contributed by atoms with Gasteiger partial charge in [-0.2, -0.15) is 11.8 Å². The van der Waals surface area contributed by atoms with Crippen LogP contribution in [0.4, 0.5) is 0 Å². The van der Waals surface area contributed by atoms with Crippen LogP contribution < -0.4 is 10.6 Å². The summed E-state index contributed by atoms with van der Waals surface area (Å²) in [5.74, 6) is 1.24. The average Bonchev–Trinajstić information content (AvgIpc) is 2.01. The lowest BCUT2D eigenvalue weighted by molar-refractivity contribution is -0.122. The summed E-state index contributed by atoms with van der Waals surface area (Å²) in [4.78, 5) is 10.9. The first-order valence-corrected chi connectivity index (χ1v) is 5.21. The van der Waals surface area contributed by atoms with Gasteiger partial charge in [-0.3, -0.25) is 4.79 Å². The summed E-state index contributed by atoms with van der Waals surface area (Å²) in [6.45, 7) is 1.40. The Labute approximate surface area is 71.3 Å². The predicted molar refractivity (Wildman–Crippen MR) is 47.8 cm³/mol. The van der Waals surface area contributed by atoms with Crippen molar-refractivity contribution in [2.45, 2.75) is 12.5 Å². The molecule has 0 aromatic rings. The Balaban J connectivity index is 2.17. The smallest absolute Gasteiger partial charge is 0.234 e. The van der Waals surface area contributed by atoms with E-state index in [4.69, 9.17) is 0 Å². The van der Waals surface area contributed by atoms with Gasteiger partial charge in [0.05, 0.1) is 6.54 Å². The topological polar surface area (TPSA) is 41.1 Å². The van der Waals surface area contributed by atoms with Gasteiger partial charge in [0.25, 0.3) is 0 Å². The Morgan fingerprint density at radius 2 is 2.55 bits per heavy atom. The molecule has 0 saturated carbocycles. The van der Waals surface area contributed by atoms with E-state index in [1.165, 1.54) is 0 Å². The van der Waals surface area contributed by atoms with Gasteiger partial charge in [-0.05, 0) is 18.4 Å². The Kier molecular flexibility index (Phi) is 3.72. The third-order valence-corrected chi connectivity index (χ3v) is 2.36. The first kappa shape index (κ1) is 8.87. The summed E-state index contributed by atoms with van der Waals surface area (Å²) in [7, 11) is 0. The summed E-state index contributed by atoms with van der Waals surface area (Å²) < 4.78 is 0. The summed E-state index contributed by atoms with van der Waals surface area (Å²) >= 11 is 1.82. The quantitative estimate of drug-likeness (QED) is 0.624. The molecule has 1 atom stereocenters. The van der Waals surface area contributed by atoms with E-state index in [9.17, 15) is 4.79 Å². The van der Waals surface area contributed by atoms with Crippen LogP contribution in [0.15, 0.2) is 0 Å². The van der Waals surface area contributed by atoms with E-state index in [-0.39, 0.29) is 5.91 Å². The Morgan fingerprint density at radius 3 is 3.18 bits per heavy atom. The number of carbonyl (C=O) groups is 1. The van der Waals surface area contributed by atoms with Gasteiger partial charge in [-0.15, -0.1) is 0 Å². The zero-order chi connectivity index (χ0) is 8.10. The van der Waals surface area contributed by atoms with E-state index in [1.807, 2.05) is 11.8 Å². The standard InChI is InChI=1S/C7H14N2OS/c1-11-3-2-6-4-8-5-7(10)9-6/h6,8H,2-5H2,1H3,(H,9,10)/t6-/m0/s1. The summed E-state index contributed by atoms with van der Waals surface area (Å²) in [5.41, 5.74) is 0. The van der Waals surface area contributed by atoms with Crippen LogP contribution in [0.2, 0.25) is 0 Å². The van der Waals surface area contributed by atoms with Gasteiger partial charge in [0, 0.05) is 12.6 Å². The summed E-state index contributed by atoms with van der Waals surface area (Å²) in [6.07, 6.45) is 3.15. The molecule has 3 nitrogen and oxygen atoms in total. The number of rotatable bonds is 3. The fraction of sp³-hybridized carbons (Fsp3) is 0.857. The highest BCUT2D eigenvalue weighted by molar-refractivity contribution is 7.98. The van der Waals surface area contributed by atoms with Crippen LogP contribution >= 0.6 is 11.8 Å². The van der Waals surface area contributed by atoms with Crippen LogP contribution in [0.1, 0.15) is 6.42 Å². The minimum absolute atomic E-state index is 0.127. The third-order valence-electron chi connectivity index (χ3n) is 1.71. The first-order valence-electron chi connectivity index (χ1n) is 3.82. The molecule has 1 rings (SSSR count). The van der Waals surface area contributed by atoms with Gasteiger partial charge in [0.2, 0.25) is 5.91 Å². The highest BCUT2D eigenvalue weighted by atomic mass is 32.2. The van der Waals surface area contributed by atoms with Crippen LogP contribution in [0.3, 0.4) is 0 Å². The molecule has 0 aromatic heterocycles. The van der Waals surface area contributed by atoms with Gasteiger partial charge >= 0.3 is 0 Å². The van der Waals surface area contributed by atoms with Crippen molar-refractivity contribution in [3.8, 4) is 0 Å². The second kappa shape index (κ2) is 4.62. The van der Waals surface area contributed by atoms with Crippen molar-refractivity contribution in [3.05, 3.63) is 0 Å². The second-order valence-electron chi connectivity index (χ2n) is 2.68. The zero-order valence-electron chi connectivity index (χ0n) is 6.72. The summed E-state index contributed by atoms with van der Waals surface area (Å²) in [5, 5.41) is 6.01. The number of carbonyl (C=O) groups excluding carboxylic acids is 1. The Hall–Kier alpha value is -0.220. The monoisotopic (exact) mass is 174 g/mol. The molecule has 11 heavy (non-hydrogen) atoms. The van der Waals surface area contributed by atoms with Crippen LogP contribution in [-0.2, 0) is 4.79 Å². The molecule has 0 bridgehead atoms. The molecule has 1 aliphatic rings. The molecule has 1 amide bonds. The molecular formula is C7H14N2OS. The van der Waals surface area contributed by atoms with Crippen molar-refractivity contribution in [1.82, 2.24) is 10.6 Å². The molecular weight excluding hydrogens is 160 g/mol. The molecule has 1 saturated heterocycles. The van der Waals surface area contributed by atoms with E-state index in [2.05, 4.69) is 16.9 Å². The van der Waals surface area contributed by atoms with Crippen molar-refractivity contribution in [1.29, 1.82) is 0 Å². The largest absolute Gasteiger partial charge is 0.351 e. The normalized spacial score (nSPS) is 24.8. The highest BCUT2D eigenvalue weighted by Gasteiger charge is 2.16.